The van der Waals surface area contributed by atoms with Crippen LogP contribution < -0.4 is 4.74 Å². The first-order chi connectivity index (χ1) is 10.5. The number of carboxylic acid groups (broad SMARTS) is 1. The first-order valence-corrected chi connectivity index (χ1v) is 6.80. The van der Waals surface area contributed by atoms with Gasteiger partial charge in [0.15, 0.2) is 0 Å². The third-order valence-electron chi connectivity index (χ3n) is 3.49. The van der Waals surface area contributed by atoms with Gasteiger partial charge in [-0.2, -0.15) is 0 Å². The monoisotopic (exact) mass is 306 g/mol. The Morgan fingerprint density at radius 1 is 1.09 bits per heavy atom. The fourth-order valence-corrected chi connectivity index (χ4v) is 2.28. The van der Waals surface area contributed by atoms with E-state index in [0.717, 1.165) is 0 Å². The van der Waals surface area contributed by atoms with E-state index in [0.29, 0.717) is 11.3 Å². The first kappa shape index (κ1) is 15.9. The van der Waals surface area contributed by atoms with Crippen LogP contribution in [0.2, 0.25) is 0 Å². The Morgan fingerprint density at radius 2 is 1.73 bits per heavy atom. The molecule has 2 aromatic rings. The van der Waals surface area contributed by atoms with Gasteiger partial charge in [-0.3, -0.25) is 4.79 Å². The highest BCUT2D eigenvalue weighted by atomic mass is 19.1. The average Bonchev–Trinajstić information content (AvgIpc) is 2.50. The number of halogens is 2. The van der Waals surface area contributed by atoms with Gasteiger partial charge in [-0.25, -0.2) is 8.78 Å². The van der Waals surface area contributed by atoms with Crippen molar-refractivity contribution in [3.8, 4) is 5.75 Å². The molecule has 2 aromatic carbocycles. The Morgan fingerprint density at radius 3 is 2.36 bits per heavy atom. The van der Waals surface area contributed by atoms with E-state index in [-0.39, 0.29) is 18.4 Å². The summed E-state index contributed by atoms with van der Waals surface area (Å²) in [5.41, 5.74) is 0.543. The number of hydrogen-bond donors (Lipinski definition) is 1. The van der Waals surface area contributed by atoms with Gasteiger partial charge in [0.25, 0.3) is 0 Å². The molecule has 0 bridgehead atoms. The summed E-state index contributed by atoms with van der Waals surface area (Å²) in [5, 5.41) is 9.33. The van der Waals surface area contributed by atoms with Gasteiger partial charge >= 0.3 is 5.97 Å². The summed E-state index contributed by atoms with van der Waals surface area (Å²) in [6, 6.07) is 10.2. The normalized spacial score (nSPS) is 12.0. The molecule has 5 heteroatoms. The quantitative estimate of drug-likeness (QED) is 0.889. The van der Waals surface area contributed by atoms with E-state index >= 15 is 0 Å². The van der Waals surface area contributed by atoms with E-state index in [4.69, 9.17) is 4.74 Å². The Hall–Kier alpha value is -2.43. The Bertz CT molecular complexity index is 671. The van der Waals surface area contributed by atoms with Crippen LogP contribution in [0.4, 0.5) is 8.78 Å². The van der Waals surface area contributed by atoms with E-state index in [1.807, 2.05) is 0 Å². The molecule has 0 aliphatic carbocycles. The molecule has 0 saturated heterocycles. The second-order valence-corrected chi connectivity index (χ2v) is 4.99. The third kappa shape index (κ3) is 3.81. The molecule has 0 spiro atoms. The summed E-state index contributed by atoms with van der Waals surface area (Å²) >= 11 is 0. The maximum absolute atomic E-state index is 13.8. The Labute approximate surface area is 127 Å². The van der Waals surface area contributed by atoms with Crippen LogP contribution in [0, 0.1) is 17.6 Å². The summed E-state index contributed by atoms with van der Waals surface area (Å²) in [7, 11) is 1.45. The third-order valence-corrected chi connectivity index (χ3v) is 3.49. The van der Waals surface area contributed by atoms with E-state index in [2.05, 4.69) is 0 Å². The van der Waals surface area contributed by atoms with Crippen molar-refractivity contribution in [1.82, 2.24) is 0 Å². The summed E-state index contributed by atoms with van der Waals surface area (Å²) in [6.45, 7) is 0. The van der Waals surface area contributed by atoms with Crippen LogP contribution in [0.5, 0.6) is 5.75 Å². The van der Waals surface area contributed by atoms with E-state index in [1.54, 1.807) is 6.07 Å². The lowest BCUT2D eigenvalue weighted by Crippen LogP contribution is -2.20. The number of hydrogen-bond acceptors (Lipinski definition) is 2. The maximum atomic E-state index is 13.8. The number of methoxy groups -OCH3 is 1. The smallest absolute Gasteiger partial charge is 0.307 e. The molecule has 22 heavy (non-hydrogen) atoms. The zero-order valence-electron chi connectivity index (χ0n) is 12.1. The minimum Gasteiger partial charge on any atom is -0.497 e. The number of ether oxygens (including phenoxy) is 1. The van der Waals surface area contributed by atoms with Crippen LogP contribution in [0.3, 0.4) is 0 Å². The van der Waals surface area contributed by atoms with E-state index in [9.17, 15) is 18.7 Å². The van der Waals surface area contributed by atoms with Gasteiger partial charge in [0, 0.05) is 0 Å². The molecule has 1 atom stereocenters. The minimum absolute atomic E-state index is 0.00133. The van der Waals surface area contributed by atoms with Crippen LogP contribution >= 0.6 is 0 Å². The van der Waals surface area contributed by atoms with Crippen molar-refractivity contribution in [2.24, 2.45) is 5.92 Å². The Balaban J connectivity index is 2.23. The van der Waals surface area contributed by atoms with Crippen molar-refractivity contribution in [2.75, 3.05) is 7.11 Å². The van der Waals surface area contributed by atoms with Gasteiger partial charge in [-0.05, 0) is 48.2 Å². The largest absolute Gasteiger partial charge is 0.497 e. The van der Waals surface area contributed by atoms with E-state index in [1.165, 1.54) is 43.5 Å². The molecular weight excluding hydrogens is 290 g/mol. The molecule has 0 aliphatic rings. The molecule has 0 radical (unpaired) electrons. The number of aliphatic carboxylic acids is 1. The minimum atomic E-state index is -1.09. The van der Waals surface area contributed by atoms with Crippen molar-refractivity contribution < 1.29 is 23.4 Å². The molecule has 1 N–H and O–H groups in total. The average molecular weight is 306 g/mol. The summed E-state index contributed by atoms with van der Waals surface area (Å²) in [4.78, 5) is 11.4. The first-order valence-electron chi connectivity index (χ1n) is 6.80. The lowest BCUT2D eigenvalue weighted by atomic mass is 9.92. The standard InChI is InChI=1S/C17H16F2O3/c1-22-14-6-7-16(19)12(10-14)9-13(17(20)21)8-11-4-2-3-5-15(11)18/h2-7,10,13H,8-9H2,1H3,(H,20,21). The lowest BCUT2D eigenvalue weighted by molar-refractivity contribution is -0.141. The zero-order valence-corrected chi connectivity index (χ0v) is 12.1. The van der Waals surface area contributed by atoms with Crippen molar-refractivity contribution in [3.63, 3.8) is 0 Å². The molecule has 0 aromatic heterocycles. The van der Waals surface area contributed by atoms with Gasteiger partial charge in [0.05, 0.1) is 13.0 Å². The molecule has 0 fully saturated rings. The molecule has 2 rings (SSSR count). The van der Waals surface area contributed by atoms with Gasteiger partial charge in [0.2, 0.25) is 0 Å². The predicted molar refractivity (Wildman–Crippen MR) is 77.9 cm³/mol. The van der Waals surface area contributed by atoms with Crippen LogP contribution in [-0.4, -0.2) is 18.2 Å². The van der Waals surface area contributed by atoms with Gasteiger partial charge in [-0.1, -0.05) is 18.2 Å². The molecule has 0 saturated carbocycles. The molecule has 3 nitrogen and oxygen atoms in total. The molecule has 1 unspecified atom stereocenters. The number of carboxylic acids is 1. The topological polar surface area (TPSA) is 46.5 Å². The summed E-state index contributed by atoms with van der Waals surface area (Å²) < 4.78 is 32.5. The highest BCUT2D eigenvalue weighted by molar-refractivity contribution is 5.71. The second-order valence-electron chi connectivity index (χ2n) is 4.99. The number of carbonyl (C=O) groups is 1. The number of rotatable bonds is 6. The molecule has 0 aliphatic heterocycles. The number of benzene rings is 2. The molecule has 0 amide bonds. The van der Waals surface area contributed by atoms with Crippen molar-refractivity contribution in [3.05, 3.63) is 65.2 Å². The second kappa shape index (κ2) is 7.02. The molecular formula is C17H16F2O3. The lowest BCUT2D eigenvalue weighted by Gasteiger charge is -2.14. The predicted octanol–water partition coefficient (Wildman–Crippen LogP) is 3.46. The van der Waals surface area contributed by atoms with Crippen molar-refractivity contribution in [2.45, 2.75) is 12.8 Å². The highest BCUT2D eigenvalue weighted by Crippen LogP contribution is 2.22. The molecule has 116 valence electrons. The van der Waals surface area contributed by atoms with Crippen molar-refractivity contribution >= 4 is 5.97 Å². The maximum Gasteiger partial charge on any atom is 0.307 e. The van der Waals surface area contributed by atoms with Gasteiger partial charge in [-0.15, -0.1) is 0 Å². The molecule has 0 heterocycles. The fraction of sp³-hybridized carbons (Fsp3) is 0.235. The van der Waals surface area contributed by atoms with E-state index < -0.39 is 23.5 Å². The van der Waals surface area contributed by atoms with Gasteiger partial charge < -0.3 is 9.84 Å². The van der Waals surface area contributed by atoms with Crippen LogP contribution in [0.15, 0.2) is 42.5 Å². The summed E-state index contributed by atoms with van der Waals surface area (Å²) in [5.74, 6) is -2.52. The zero-order chi connectivity index (χ0) is 16.1. The van der Waals surface area contributed by atoms with Crippen molar-refractivity contribution in [1.29, 1.82) is 0 Å². The SMILES string of the molecule is COc1ccc(F)c(CC(Cc2ccccc2F)C(=O)O)c1. The highest BCUT2D eigenvalue weighted by Gasteiger charge is 2.22. The van der Waals surface area contributed by atoms with Gasteiger partial charge in [0.1, 0.15) is 17.4 Å². The van der Waals surface area contributed by atoms with Crippen LogP contribution in [-0.2, 0) is 17.6 Å². The van der Waals surface area contributed by atoms with Crippen LogP contribution in [0.25, 0.3) is 0 Å². The van der Waals surface area contributed by atoms with Crippen LogP contribution in [0.1, 0.15) is 11.1 Å². The Kier molecular flexibility index (Phi) is 5.09. The summed E-state index contributed by atoms with van der Waals surface area (Å²) in [6.07, 6.45) is -0.0364. The fourth-order valence-electron chi connectivity index (χ4n) is 2.28.